The van der Waals surface area contributed by atoms with Crippen molar-refractivity contribution in [3.63, 3.8) is 0 Å². The summed E-state index contributed by atoms with van der Waals surface area (Å²) < 4.78 is 0. The lowest BCUT2D eigenvalue weighted by molar-refractivity contribution is 0.243. The first-order valence-corrected chi connectivity index (χ1v) is 7.30. The second kappa shape index (κ2) is 10.4. The summed E-state index contributed by atoms with van der Waals surface area (Å²) >= 11 is 6.07. The Balaban J connectivity index is 3.10. The normalized spacial score (nSPS) is 15.0. The minimum atomic E-state index is -0.388. The Morgan fingerprint density at radius 3 is 1.75 bits per heavy atom. The van der Waals surface area contributed by atoms with Gasteiger partial charge in [0.05, 0.1) is 11.5 Å². The summed E-state index contributed by atoms with van der Waals surface area (Å²) in [6, 6.07) is 0. The number of alkyl halides is 1. The third-order valence-electron chi connectivity index (χ3n) is 3.13. The van der Waals surface area contributed by atoms with Crippen molar-refractivity contribution in [3.05, 3.63) is 0 Å². The molecule has 0 spiro atoms. The Morgan fingerprint density at radius 1 is 0.875 bits per heavy atom. The van der Waals surface area contributed by atoms with Crippen molar-refractivity contribution >= 4 is 11.6 Å². The monoisotopic (exact) mass is 248 g/mol. The van der Waals surface area contributed by atoms with Gasteiger partial charge in [0.25, 0.3) is 0 Å². The lowest BCUT2D eigenvalue weighted by atomic mass is 10.0. The molecular formula is C14H29ClO. The molecule has 0 rings (SSSR count). The Bertz CT molecular complexity index is 146. The van der Waals surface area contributed by atoms with E-state index in [4.69, 9.17) is 16.7 Å². The smallest absolute Gasteiger partial charge is 0.0648 e. The fraction of sp³-hybridized carbons (Fsp3) is 1.00. The molecule has 1 atom stereocenters. The largest absolute Gasteiger partial charge is 0.395 e. The molecule has 1 unspecified atom stereocenters. The zero-order valence-electron chi connectivity index (χ0n) is 11.1. The minimum absolute atomic E-state index is 0.0889. The molecule has 0 radical (unpaired) electrons. The minimum Gasteiger partial charge on any atom is -0.395 e. The van der Waals surface area contributed by atoms with E-state index in [0.29, 0.717) is 0 Å². The number of rotatable bonds is 11. The molecule has 0 aliphatic carbocycles. The maximum atomic E-state index is 8.99. The van der Waals surface area contributed by atoms with E-state index in [9.17, 15) is 0 Å². The average Bonchev–Trinajstić information content (AvgIpc) is 2.27. The second-order valence-corrected chi connectivity index (χ2v) is 6.06. The SMILES string of the molecule is CCCCCCCCCCCC(C)(Cl)CO. The van der Waals surface area contributed by atoms with E-state index in [0.717, 1.165) is 12.8 Å². The first kappa shape index (κ1) is 16.2. The molecular weight excluding hydrogens is 220 g/mol. The van der Waals surface area contributed by atoms with Crippen LogP contribution in [0.4, 0.5) is 0 Å². The molecule has 1 nitrogen and oxygen atoms in total. The second-order valence-electron chi connectivity index (χ2n) is 5.15. The number of hydrogen-bond donors (Lipinski definition) is 1. The maximum absolute atomic E-state index is 8.99. The third-order valence-corrected chi connectivity index (χ3v) is 3.44. The first-order valence-electron chi connectivity index (χ1n) is 6.92. The highest BCUT2D eigenvalue weighted by Gasteiger charge is 2.18. The molecule has 16 heavy (non-hydrogen) atoms. The van der Waals surface area contributed by atoms with Crippen molar-refractivity contribution in [2.24, 2.45) is 0 Å². The van der Waals surface area contributed by atoms with E-state index in [1.165, 1.54) is 51.4 Å². The molecule has 0 aromatic carbocycles. The lowest BCUT2D eigenvalue weighted by Crippen LogP contribution is -2.21. The fourth-order valence-corrected chi connectivity index (χ4v) is 2.02. The number of halogens is 1. The van der Waals surface area contributed by atoms with Crippen LogP contribution in [0.25, 0.3) is 0 Å². The van der Waals surface area contributed by atoms with Gasteiger partial charge in [-0.25, -0.2) is 0 Å². The highest BCUT2D eigenvalue weighted by atomic mass is 35.5. The maximum Gasteiger partial charge on any atom is 0.0648 e. The molecule has 0 amide bonds. The van der Waals surface area contributed by atoms with E-state index in [1.54, 1.807) is 0 Å². The predicted octanol–water partition coefficient (Wildman–Crippen LogP) is 4.90. The number of aliphatic hydroxyl groups excluding tert-OH is 1. The van der Waals surface area contributed by atoms with Gasteiger partial charge in [0.2, 0.25) is 0 Å². The summed E-state index contributed by atoms with van der Waals surface area (Å²) in [5.74, 6) is 0. The topological polar surface area (TPSA) is 20.2 Å². The van der Waals surface area contributed by atoms with Crippen LogP contribution in [0.15, 0.2) is 0 Å². The van der Waals surface area contributed by atoms with E-state index in [-0.39, 0.29) is 11.5 Å². The molecule has 0 aromatic rings. The molecule has 2 heteroatoms. The number of hydrogen-bond acceptors (Lipinski definition) is 1. The van der Waals surface area contributed by atoms with Crippen molar-refractivity contribution in [1.82, 2.24) is 0 Å². The Kier molecular flexibility index (Phi) is 10.6. The van der Waals surface area contributed by atoms with Crippen molar-refractivity contribution in [1.29, 1.82) is 0 Å². The summed E-state index contributed by atoms with van der Waals surface area (Å²) in [7, 11) is 0. The Morgan fingerprint density at radius 2 is 1.31 bits per heavy atom. The quantitative estimate of drug-likeness (QED) is 0.407. The van der Waals surface area contributed by atoms with Gasteiger partial charge in [0.1, 0.15) is 0 Å². The Labute approximate surface area is 107 Å². The van der Waals surface area contributed by atoms with Crippen LogP contribution in [0, 0.1) is 0 Å². The summed E-state index contributed by atoms with van der Waals surface area (Å²) in [6.07, 6.45) is 12.9. The van der Waals surface area contributed by atoms with E-state index in [2.05, 4.69) is 6.92 Å². The van der Waals surface area contributed by atoms with E-state index >= 15 is 0 Å². The van der Waals surface area contributed by atoms with Gasteiger partial charge in [0.15, 0.2) is 0 Å². The van der Waals surface area contributed by atoms with Crippen LogP contribution in [-0.2, 0) is 0 Å². The molecule has 0 bridgehead atoms. The van der Waals surface area contributed by atoms with Crippen LogP contribution in [0.3, 0.4) is 0 Å². The zero-order chi connectivity index (χ0) is 12.3. The van der Waals surface area contributed by atoms with Crippen molar-refractivity contribution < 1.29 is 5.11 Å². The number of aliphatic hydroxyl groups is 1. The van der Waals surface area contributed by atoms with Crippen molar-refractivity contribution in [2.45, 2.75) is 82.9 Å². The molecule has 0 saturated heterocycles. The van der Waals surface area contributed by atoms with Crippen LogP contribution in [-0.4, -0.2) is 16.6 Å². The summed E-state index contributed by atoms with van der Waals surface area (Å²) in [6.45, 7) is 4.26. The fourth-order valence-electron chi connectivity index (χ4n) is 1.88. The van der Waals surface area contributed by atoms with Crippen molar-refractivity contribution in [2.75, 3.05) is 6.61 Å². The van der Waals surface area contributed by atoms with Crippen LogP contribution in [0.5, 0.6) is 0 Å². The van der Waals surface area contributed by atoms with Crippen LogP contribution < -0.4 is 0 Å². The van der Waals surface area contributed by atoms with Gasteiger partial charge in [0, 0.05) is 0 Å². The van der Waals surface area contributed by atoms with Gasteiger partial charge in [-0.2, -0.15) is 0 Å². The van der Waals surface area contributed by atoms with Crippen LogP contribution in [0.2, 0.25) is 0 Å². The van der Waals surface area contributed by atoms with Gasteiger partial charge in [-0.3, -0.25) is 0 Å². The zero-order valence-corrected chi connectivity index (χ0v) is 11.9. The van der Waals surface area contributed by atoms with Gasteiger partial charge in [-0.15, -0.1) is 11.6 Å². The molecule has 0 saturated carbocycles. The molecule has 0 aromatic heterocycles. The Hall–Kier alpha value is 0.250. The highest BCUT2D eigenvalue weighted by Crippen LogP contribution is 2.22. The van der Waals surface area contributed by atoms with Gasteiger partial charge in [-0.1, -0.05) is 64.7 Å². The molecule has 0 fully saturated rings. The van der Waals surface area contributed by atoms with Crippen molar-refractivity contribution in [3.8, 4) is 0 Å². The number of unbranched alkanes of at least 4 members (excludes halogenated alkanes) is 8. The lowest BCUT2D eigenvalue weighted by Gasteiger charge is -2.18. The van der Waals surface area contributed by atoms with Crippen LogP contribution >= 0.6 is 11.6 Å². The molecule has 0 aliphatic rings. The van der Waals surface area contributed by atoms with E-state index < -0.39 is 0 Å². The molecule has 0 heterocycles. The molecule has 98 valence electrons. The third kappa shape index (κ3) is 10.8. The molecule has 1 N–H and O–H groups in total. The average molecular weight is 249 g/mol. The summed E-state index contributed by atoms with van der Waals surface area (Å²) in [5, 5.41) is 8.99. The van der Waals surface area contributed by atoms with Gasteiger partial charge < -0.3 is 5.11 Å². The van der Waals surface area contributed by atoms with E-state index in [1.807, 2.05) is 6.92 Å². The van der Waals surface area contributed by atoms with Gasteiger partial charge >= 0.3 is 0 Å². The summed E-state index contributed by atoms with van der Waals surface area (Å²) in [5.41, 5.74) is 0. The first-order chi connectivity index (χ1) is 7.62. The molecule has 0 aliphatic heterocycles. The predicted molar refractivity (Wildman–Crippen MR) is 73.2 cm³/mol. The summed E-state index contributed by atoms with van der Waals surface area (Å²) in [4.78, 5) is -0.388. The standard InChI is InChI=1S/C14H29ClO/c1-3-4-5-6-7-8-9-10-11-12-14(2,15)13-16/h16H,3-13H2,1-2H3. The van der Waals surface area contributed by atoms with Crippen LogP contribution in [0.1, 0.15) is 78.1 Å². The highest BCUT2D eigenvalue weighted by molar-refractivity contribution is 6.23. The van der Waals surface area contributed by atoms with Gasteiger partial charge in [-0.05, 0) is 13.3 Å².